The highest BCUT2D eigenvalue weighted by atomic mass is 16.1. The zero-order valence-electron chi connectivity index (χ0n) is 21.3. The zero-order chi connectivity index (χ0) is 23.3. The van der Waals surface area contributed by atoms with Crippen molar-refractivity contribution in [1.82, 2.24) is 5.32 Å². The van der Waals surface area contributed by atoms with E-state index in [0.717, 1.165) is 44.1 Å². The van der Waals surface area contributed by atoms with Gasteiger partial charge in [0.05, 0.1) is 5.41 Å². The molecule has 2 heteroatoms. The number of unbranched alkanes of at least 4 members (excludes halogenated alkanes) is 1. The van der Waals surface area contributed by atoms with E-state index in [0.29, 0.717) is 12.0 Å². The van der Waals surface area contributed by atoms with E-state index in [1.54, 1.807) is 0 Å². The van der Waals surface area contributed by atoms with Gasteiger partial charge in [0.1, 0.15) is 6.29 Å². The van der Waals surface area contributed by atoms with Crippen LogP contribution in [0.3, 0.4) is 0 Å². The first-order valence-electron chi connectivity index (χ1n) is 12.4. The summed E-state index contributed by atoms with van der Waals surface area (Å²) in [6.45, 7) is 20.4. The maximum absolute atomic E-state index is 12.7. The Hall–Kier alpha value is -1.41. The molecule has 3 unspecified atom stereocenters. The highest BCUT2D eigenvalue weighted by Gasteiger charge is 2.36. The average Bonchev–Trinajstić information content (AvgIpc) is 2.81. The topological polar surface area (TPSA) is 29.1 Å². The smallest absolute Gasteiger partial charge is 0.130 e. The van der Waals surface area contributed by atoms with Crippen molar-refractivity contribution in [3.05, 3.63) is 47.5 Å². The Morgan fingerprint density at radius 3 is 2.58 bits per heavy atom. The summed E-state index contributed by atoms with van der Waals surface area (Å²) in [6.07, 6.45) is 9.56. The molecule has 0 aromatic heterocycles. The van der Waals surface area contributed by atoms with Crippen molar-refractivity contribution in [2.45, 2.75) is 117 Å². The number of rotatable bonds is 9. The highest BCUT2D eigenvalue weighted by molar-refractivity contribution is 5.66. The Morgan fingerprint density at radius 2 is 1.97 bits per heavy atom. The maximum Gasteiger partial charge on any atom is 0.130 e. The molecule has 1 saturated heterocycles. The van der Waals surface area contributed by atoms with Crippen LogP contribution in [-0.2, 0) is 16.6 Å². The van der Waals surface area contributed by atoms with Crippen LogP contribution in [0.2, 0.25) is 0 Å². The first kappa shape index (κ1) is 25.8. The Labute approximate surface area is 192 Å². The van der Waals surface area contributed by atoms with Gasteiger partial charge in [0, 0.05) is 11.6 Å². The molecule has 174 valence electrons. The van der Waals surface area contributed by atoms with Crippen LogP contribution in [-0.4, -0.2) is 17.9 Å². The van der Waals surface area contributed by atoms with Gasteiger partial charge in [-0.25, -0.2) is 0 Å². The van der Waals surface area contributed by atoms with Crippen LogP contribution in [0.15, 0.2) is 36.4 Å². The summed E-state index contributed by atoms with van der Waals surface area (Å²) in [6, 6.07) is 9.39. The van der Waals surface area contributed by atoms with Crippen molar-refractivity contribution in [1.29, 1.82) is 0 Å². The minimum Gasteiger partial charge on any atom is -0.309 e. The second-order valence-corrected chi connectivity index (χ2v) is 11.9. The number of hydrogen-bond acceptors (Lipinski definition) is 2. The van der Waals surface area contributed by atoms with Crippen LogP contribution < -0.4 is 5.32 Å². The summed E-state index contributed by atoms with van der Waals surface area (Å²) >= 11 is 0. The van der Waals surface area contributed by atoms with Crippen LogP contribution in [0, 0.1) is 11.3 Å². The molecule has 1 N–H and O–H groups in total. The third kappa shape index (κ3) is 7.31. The Morgan fingerprint density at radius 1 is 1.26 bits per heavy atom. The summed E-state index contributed by atoms with van der Waals surface area (Å²) in [4.78, 5) is 12.7. The van der Waals surface area contributed by atoms with E-state index < -0.39 is 5.41 Å². The fraction of sp³-hybridized carbons (Fsp3) is 0.690. The van der Waals surface area contributed by atoms with Gasteiger partial charge in [-0.3, -0.25) is 0 Å². The van der Waals surface area contributed by atoms with Gasteiger partial charge >= 0.3 is 0 Å². The number of nitrogens with one attached hydrogen (secondary N) is 1. The Kier molecular flexibility index (Phi) is 8.73. The molecule has 3 atom stereocenters. The number of benzene rings is 1. The van der Waals surface area contributed by atoms with Crippen molar-refractivity contribution < 1.29 is 4.79 Å². The summed E-state index contributed by atoms with van der Waals surface area (Å²) in [5.41, 5.74) is 3.52. The molecule has 1 fully saturated rings. The molecular formula is C29H47NO. The van der Waals surface area contributed by atoms with E-state index in [1.807, 2.05) is 0 Å². The summed E-state index contributed by atoms with van der Waals surface area (Å²) in [7, 11) is 0. The lowest BCUT2D eigenvalue weighted by Gasteiger charge is -2.35. The Balaban J connectivity index is 2.27. The molecule has 1 aromatic carbocycles. The number of hydrogen-bond donors (Lipinski definition) is 1. The first-order chi connectivity index (χ1) is 14.4. The van der Waals surface area contributed by atoms with E-state index in [2.05, 4.69) is 84.6 Å². The molecule has 1 aromatic rings. The minimum atomic E-state index is -0.456. The number of aldehydes is 1. The van der Waals surface area contributed by atoms with Crippen LogP contribution in [0.4, 0.5) is 0 Å². The third-order valence-corrected chi connectivity index (χ3v) is 7.20. The second-order valence-electron chi connectivity index (χ2n) is 11.9. The number of carbonyl (C=O) groups is 1. The fourth-order valence-electron chi connectivity index (χ4n) is 5.41. The van der Waals surface area contributed by atoms with Crippen molar-refractivity contribution >= 4 is 6.29 Å². The second kappa shape index (κ2) is 10.5. The summed E-state index contributed by atoms with van der Waals surface area (Å²) in [5.74, 6) is 0.585. The Bertz CT molecular complexity index is 741. The van der Waals surface area contributed by atoms with E-state index in [9.17, 15) is 4.79 Å². The quantitative estimate of drug-likeness (QED) is 0.330. The van der Waals surface area contributed by atoms with Gasteiger partial charge in [0.2, 0.25) is 0 Å². The zero-order valence-corrected chi connectivity index (χ0v) is 21.3. The van der Waals surface area contributed by atoms with E-state index in [4.69, 9.17) is 0 Å². The molecule has 2 rings (SSSR count). The molecule has 0 spiro atoms. The lowest BCUT2D eigenvalue weighted by Crippen LogP contribution is -2.43. The van der Waals surface area contributed by atoms with Gasteiger partial charge in [-0.2, -0.15) is 0 Å². The van der Waals surface area contributed by atoms with Crippen molar-refractivity contribution in [2.75, 3.05) is 0 Å². The van der Waals surface area contributed by atoms with Gasteiger partial charge in [-0.1, -0.05) is 77.0 Å². The summed E-state index contributed by atoms with van der Waals surface area (Å²) < 4.78 is 0. The summed E-state index contributed by atoms with van der Waals surface area (Å²) in [5, 5.41) is 3.77. The fourth-order valence-corrected chi connectivity index (χ4v) is 5.41. The van der Waals surface area contributed by atoms with Crippen molar-refractivity contribution in [3.8, 4) is 0 Å². The third-order valence-electron chi connectivity index (χ3n) is 7.20. The highest BCUT2D eigenvalue weighted by Crippen LogP contribution is 2.41. The van der Waals surface area contributed by atoms with Crippen LogP contribution in [0.1, 0.15) is 105 Å². The van der Waals surface area contributed by atoms with Crippen molar-refractivity contribution in [2.24, 2.45) is 11.3 Å². The van der Waals surface area contributed by atoms with Crippen LogP contribution in [0.25, 0.3) is 0 Å². The predicted octanol–water partition coefficient (Wildman–Crippen LogP) is 7.41. The lowest BCUT2D eigenvalue weighted by atomic mass is 9.69. The number of allylic oxidation sites excluding steroid dienone is 1. The van der Waals surface area contributed by atoms with Gasteiger partial charge in [0.15, 0.2) is 0 Å². The standard InChI is InChI=1S/C29H47NO/c1-9-10-16-29(21-31,20-24-12-11-13-26(18-24)27(4,5)6)22(2)17-25-15-14-23(3)30-28(7,8)19-25/h11-13,18,21,23,25,30H,2,9-10,14-17,19-20H2,1,3-8H3. The molecule has 2 nitrogen and oxygen atoms in total. The van der Waals surface area contributed by atoms with Gasteiger partial charge in [-0.05, 0) is 81.8 Å². The lowest BCUT2D eigenvalue weighted by molar-refractivity contribution is -0.115. The molecule has 0 aliphatic carbocycles. The van der Waals surface area contributed by atoms with Crippen LogP contribution >= 0.6 is 0 Å². The van der Waals surface area contributed by atoms with E-state index >= 15 is 0 Å². The molecule has 0 amide bonds. The average molecular weight is 426 g/mol. The van der Waals surface area contributed by atoms with Crippen LogP contribution in [0.5, 0.6) is 0 Å². The molecular weight excluding hydrogens is 378 g/mol. The molecule has 1 aliphatic heterocycles. The normalized spacial score (nSPS) is 23.6. The minimum absolute atomic E-state index is 0.107. The van der Waals surface area contributed by atoms with E-state index in [-0.39, 0.29) is 11.0 Å². The number of carbonyl (C=O) groups excluding carboxylic acids is 1. The van der Waals surface area contributed by atoms with Crippen molar-refractivity contribution in [3.63, 3.8) is 0 Å². The molecule has 1 heterocycles. The van der Waals surface area contributed by atoms with Gasteiger partial charge in [0.25, 0.3) is 0 Å². The molecule has 31 heavy (non-hydrogen) atoms. The SMILES string of the molecule is C=C(CC1CCC(C)NC(C)(C)C1)C(C=O)(CCCC)Cc1cccc(C(C)(C)C)c1. The predicted molar refractivity (Wildman–Crippen MR) is 135 cm³/mol. The molecule has 0 radical (unpaired) electrons. The maximum atomic E-state index is 12.7. The molecule has 1 aliphatic rings. The van der Waals surface area contributed by atoms with Gasteiger partial charge in [-0.15, -0.1) is 0 Å². The van der Waals surface area contributed by atoms with Gasteiger partial charge < -0.3 is 10.1 Å². The molecule has 0 saturated carbocycles. The molecule has 0 bridgehead atoms. The largest absolute Gasteiger partial charge is 0.309 e. The monoisotopic (exact) mass is 425 g/mol. The first-order valence-corrected chi connectivity index (χ1v) is 12.4. The van der Waals surface area contributed by atoms with E-state index in [1.165, 1.54) is 30.3 Å².